The fourth-order valence-electron chi connectivity index (χ4n) is 1.43. The van der Waals surface area contributed by atoms with Crippen molar-refractivity contribution in [3.63, 3.8) is 0 Å². The Morgan fingerprint density at radius 1 is 1.38 bits per heavy atom. The zero-order valence-electron chi connectivity index (χ0n) is 7.33. The summed E-state index contributed by atoms with van der Waals surface area (Å²) in [4.78, 5) is 8.80. The first-order valence-electron chi connectivity index (χ1n) is 4.47. The highest BCUT2D eigenvalue weighted by Gasteiger charge is 2.07. The zero-order valence-corrected chi connectivity index (χ0v) is 9.49. The second kappa shape index (κ2) is 4.17. The number of alkyl halides is 1. The molecule has 0 atom stereocenters. The summed E-state index contributed by atoms with van der Waals surface area (Å²) < 4.78 is 1.12. The van der Waals surface area contributed by atoms with Gasteiger partial charge in [-0.2, -0.15) is 0 Å². The summed E-state index contributed by atoms with van der Waals surface area (Å²) >= 11 is 2.37. The van der Waals surface area contributed by atoms with E-state index >= 15 is 0 Å². The SMILES string of the molecule is ICCc1ccc2c(n1)N=CCC2. The molecule has 0 unspecified atom stereocenters. The number of aromatic nitrogens is 1. The molecule has 2 heterocycles. The van der Waals surface area contributed by atoms with Crippen LogP contribution in [0, 0.1) is 0 Å². The molecule has 13 heavy (non-hydrogen) atoms. The smallest absolute Gasteiger partial charge is 0.154 e. The van der Waals surface area contributed by atoms with Gasteiger partial charge in [0, 0.05) is 16.3 Å². The third-order valence-corrected chi connectivity index (χ3v) is 2.66. The molecule has 2 rings (SSSR count). The largest absolute Gasteiger partial charge is 0.241 e. The summed E-state index contributed by atoms with van der Waals surface area (Å²) in [5.74, 6) is 0.939. The van der Waals surface area contributed by atoms with Crippen LogP contribution in [0.1, 0.15) is 17.7 Å². The first kappa shape index (κ1) is 9.12. The van der Waals surface area contributed by atoms with Crippen LogP contribution in [0.25, 0.3) is 0 Å². The van der Waals surface area contributed by atoms with Crippen LogP contribution in [0.4, 0.5) is 5.82 Å². The summed E-state index contributed by atoms with van der Waals surface area (Å²) in [6.07, 6.45) is 5.16. The molecule has 0 fully saturated rings. The van der Waals surface area contributed by atoms with Crippen molar-refractivity contribution in [1.82, 2.24) is 4.98 Å². The van der Waals surface area contributed by atoms with E-state index in [9.17, 15) is 0 Å². The Balaban J connectivity index is 2.31. The number of aliphatic imine (C=N–C) groups is 1. The van der Waals surface area contributed by atoms with Gasteiger partial charge in [0.25, 0.3) is 0 Å². The zero-order chi connectivity index (χ0) is 9.10. The van der Waals surface area contributed by atoms with Crippen LogP contribution in [-0.4, -0.2) is 15.6 Å². The van der Waals surface area contributed by atoms with Gasteiger partial charge in [0.2, 0.25) is 0 Å². The van der Waals surface area contributed by atoms with Crippen LogP contribution in [0.15, 0.2) is 17.1 Å². The number of pyridine rings is 1. The first-order valence-corrected chi connectivity index (χ1v) is 6.00. The van der Waals surface area contributed by atoms with E-state index in [4.69, 9.17) is 0 Å². The van der Waals surface area contributed by atoms with Crippen LogP contribution in [0.2, 0.25) is 0 Å². The van der Waals surface area contributed by atoms with Gasteiger partial charge in [-0.3, -0.25) is 0 Å². The van der Waals surface area contributed by atoms with E-state index in [-0.39, 0.29) is 0 Å². The highest BCUT2D eigenvalue weighted by atomic mass is 127. The molecule has 2 nitrogen and oxygen atoms in total. The van der Waals surface area contributed by atoms with Crippen molar-refractivity contribution < 1.29 is 0 Å². The Kier molecular flexibility index (Phi) is 2.93. The Labute approximate surface area is 91.6 Å². The molecule has 1 aromatic rings. The average molecular weight is 286 g/mol. The van der Waals surface area contributed by atoms with E-state index < -0.39 is 0 Å². The number of rotatable bonds is 2. The highest BCUT2D eigenvalue weighted by Crippen LogP contribution is 2.21. The fraction of sp³-hybridized carbons (Fsp3) is 0.400. The van der Waals surface area contributed by atoms with Gasteiger partial charge in [0.15, 0.2) is 5.82 Å². The maximum absolute atomic E-state index is 4.50. The fourth-order valence-corrected chi connectivity index (χ4v) is 1.98. The normalized spacial score (nSPS) is 14.2. The van der Waals surface area contributed by atoms with Crippen molar-refractivity contribution in [1.29, 1.82) is 0 Å². The standard InChI is InChI=1S/C10H11IN2/c11-6-5-9-4-3-8-2-1-7-12-10(8)13-9/h3-4,7H,1-2,5-6H2. The van der Waals surface area contributed by atoms with Gasteiger partial charge < -0.3 is 0 Å². The van der Waals surface area contributed by atoms with E-state index in [0.29, 0.717) is 0 Å². The molecule has 3 heteroatoms. The Morgan fingerprint density at radius 2 is 2.31 bits per heavy atom. The number of nitrogens with zero attached hydrogens (tertiary/aromatic N) is 2. The number of fused-ring (bicyclic) bond motifs is 1. The van der Waals surface area contributed by atoms with Gasteiger partial charge in [-0.05, 0) is 30.9 Å². The van der Waals surface area contributed by atoms with E-state index in [1.54, 1.807) is 0 Å². The first-order chi connectivity index (χ1) is 6.40. The molecule has 0 bridgehead atoms. The minimum absolute atomic E-state index is 0.939. The lowest BCUT2D eigenvalue weighted by molar-refractivity contribution is 0.967. The highest BCUT2D eigenvalue weighted by molar-refractivity contribution is 14.1. The lowest BCUT2D eigenvalue weighted by Crippen LogP contribution is -1.99. The third-order valence-electron chi connectivity index (χ3n) is 2.12. The maximum Gasteiger partial charge on any atom is 0.154 e. The van der Waals surface area contributed by atoms with E-state index in [1.165, 1.54) is 5.56 Å². The molecule has 0 radical (unpaired) electrons. The molecule has 0 aliphatic carbocycles. The molecule has 1 aliphatic heterocycles. The molecule has 68 valence electrons. The topological polar surface area (TPSA) is 25.2 Å². The van der Waals surface area contributed by atoms with Crippen molar-refractivity contribution in [2.45, 2.75) is 19.3 Å². The van der Waals surface area contributed by atoms with Gasteiger partial charge in [0.1, 0.15) is 0 Å². The minimum atomic E-state index is 0.939. The predicted octanol–water partition coefficient (Wildman–Crippen LogP) is 2.71. The van der Waals surface area contributed by atoms with Crippen LogP contribution >= 0.6 is 22.6 Å². The molecule has 1 aromatic heterocycles. The van der Waals surface area contributed by atoms with Crippen molar-refractivity contribution in [3.05, 3.63) is 23.4 Å². The van der Waals surface area contributed by atoms with Gasteiger partial charge >= 0.3 is 0 Å². The Bertz CT molecular complexity index is 334. The van der Waals surface area contributed by atoms with Gasteiger partial charge in [0.05, 0.1) is 0 Å². The minimum Gasteiger partial charge on any atom is -0.241 e. The molecule has 0 spiro atoms. The molecule has 0 N–H and O–H groups in total. The summed E-state index contributed by atoms with van der Waals surface area (Å²) in [5.41, 5.74) is 2.45. The predicted molar refractivity (Wildman–Crippen MR) is 63.3 cm³/mol. The van der Waals surface area contributed by atoms with Crippen molar-refractivity contribution in [3.8, 4) is 0 Å². The monoisotopic (exact) mass is 286 g/mol. The Morgan fingerprint density at radius 3 is 3.15 bits per heavy atom. The molecule has 1 aliphatic rings. The molecule has 0 saturated heterocycles. The second-order valence-electron chi connectivity index (χ2n) is 3.07. The van der Waals surface area contributed by atoms with Crippen LogP contribution < -0.4 is 0 Å². The van der Waals surface area contributed by atoms with Gasteiger partial charge in [-0.1, -0.05) is 28.7 Å². The number of halogens is 1. The summed E-state index contributed by atoms with van der Waals surface area (Å²) in [7, 11) is 0. The lowest BCUT2D eigenvalue weighted by Gasteiger charge is -2.09. The Hall–Kier alpha value is -0.450. The van der Waals surface area contributed by atoms with Crippen LogP contribution in [0.3, 0.4) is 0 Å². The number of aryl methyl sites for hydroxylation is 2. The van der Waals surface area contributed by atoms with Crippen molar-refractivity contribution in [2.75, 3.05) is 4.43 Å². The number of hydrogen-bond donors (Lipinski definition) is 0. The van der Waals surface area contributed by atoms with Crippen molar-refractivity contribution in [2.24, 2.45) is 4.99 Å². The quantitative estimate of drug-likeness (QED) is 0.606. The van der Waals surface area contributed by atoms with Gasteiger partial charge in [-0.15, -0.1) is 0 Å². The lowest BCUT2D eigenvalue weighted by atomic mass is 10.1. The average Bonchev–Trinajstić information content (AvgIpc) is 2.18. The third kappa shape index (κ3) is 2.07. The number of hydrogen-bond acceptors (Lipinski definition) is 2. The summed E-state index contributed by atoms with van der Waals surface area (Å²) in [5, 5.41) is 0. The molecule has 0 amide bonds. The maximum atomic E-state index is 4.50. The summed E-state index contributed by atoms with van der Waals surface area (Å²) in [6, 6.07) is 4.29. The van der Waals surface area contributed by atoms with E-state index in [2.05, 4.69) is 44.7 Å². The van der Waals surface area contributed by atoms with E-state index in [0.717, 1.165) is 35.2 Å². The molecular weight excluding hydrogens is 275 g/mol. The van der Waals surface area contributed by atoms with Crippen LogP contribution in [0.5, 0.6) is 0 Å². The van der Waals surface area contributed by atoms with Gasteiger partial charge in [-0.25, -0.2) is 9.98 Å². The summed E-state index contributed by atoms with van der Waals surface area (Å²) in [6.45, 7) is 0. The van der Waals surface area contributed by atoms with E-state index in [1.807, 2.05) is 6.21 Å². The van der Waals surface area contributed by atoms with Crippen LogP contribution in [-0.2, 0) is 12.8 Å². The molecule has 0 aromatic carbocycles. The molecular formula is C10H11IN2. The second-order valence-corrected chi connectivity index (χ2v) is 4.15. The van der Waals surface area contributed by atoms with Crippen molar-refractivity contribution >= 4 is 34.6 Å². The molecule has 0 saturated carbocycles.